The maximum atomic E-state index is 14.7. The molecule has 2 heterocycles. The lowest BCUT2D eigenvalue weighted by Crippen LogP contribution is -2.53. The van der Waals surface area contributed by atoms with Gasteiger partial charge in [-0.2, -0.15) is 0 Å². The molecule has 0 aromatic carbocycles. The Morgan fingerprint density at radius 2 is 1.79 bits per heavy atom. The van der Waals surface area contributed by atoms with Gasteiger partial charge in [0, 0.05) is 44.4 Å². The topological polar surface area (TPSA) is 24.5 Å². The van der Waals surface area contributed by atoms with Gasteiger partial charge in [0.2, 0.25) is 0 Å². The molecule has 2 saturated heterocycles. The van der Waals surface area contributed by atoms with E-state index >= 15 is 0 Å². The van der Waals surface area contributed by atoms with E-state index in [9.17, 15) is 4.39 Å². The second-order valence-electron chi connectivity index (χ2n) is 7.13. The second-order valence-corrected chi connectivity index (χ2v) is 7.13. The molecule has 3 nitrogen and oxygen atoms in total. The summed E-state index contributed by atoms with van der Waals surface area (Å²) in [5, 5.41) is 3.31. The minimum atomic E-state index is -1.02. The normalized spacial score (nSPS) is 26.5. The summed E-state index contributed by atoms with van der Waals surface area (Å²) in [7, 11) is 0. The summed E-state index contributed by atoms with van der Waals surface area (Å²) in [5.74, 6) is 0. The summed E-state index contributed by atoms with van der Waals surface area (Å²) < 4.78 is 20.1. The highest BCUT2D eigenvalue weighted by Gasteiger charge is 2.37. The lowest BCUT2D eigenvalue weighted by molar-refractivity contribution is -0.00681. The Balaban J connectivity index is 1.77. The Morgan fingerprint density at radius 1 is 1.21 bits per heavy atom. The first-order valence-corrected chi connectivity index (χ1v) is 7.64. The van der Waals surface area contributed by atoms with Gasteiger partial charge in [-0.15, -0.1) is 0 Å². The van der Waals surface area contributed by atoms with Crippen molar-refractivity contribution in [3.05, 3.63) is 0 Å². The maximum Gasteiger partial charge on any atom is 0.125 e. The second kappa shape index (κ2) is 6.06. The van der Waals surface area contributed by atoms with Gasteiger partial charge in [0.25, 0.3) is 0 Å². The van der Waals surface area contributed by atoms with Crippen molar-refractivity contribution in [2.45, 2.75) is 63.7 Å². The van der Waals surface area contributed by atoms with Gasteiger partial charge in [0.15, 0.2) is 0 Å². The number of rotatable bonds is 3. The zero-order valence-electron chi connectivity index (χ0n) is 12.7. The molecule has 1 N–H and O–H groups in total. The van der Waals surface area contributed by atoms with E-state index in [2.05, 4.69) is 31.0 Å². The largest absolute Gasteiger partial charge is 0.381 e. The Morgan fingerprint density at radius 3 is 2.32 bits per heavy atom. The number of ether oxygens (including phenoxy) is 1. The molecule has 4 heteroatoms. The van der Waals surface area contributed by atoms with E-state index in [1.807, 2.05) is 0 Å². The quantitative estimate of drug-likeness (QED) is 0.853. The van der Waals surface area contributed by atoms with Crippen molar-refractivity contribution >= 4 is 0 Å². The minimum absolute atomic E-state index is 0.00304. The highest BCUT2D eigenvalue weighted by molar-refractivity contribution is 4.92. The van der Waals surface area contributed by atoms with Crippen molar-refractivity contribution in [2.75, 3.05) is 32.8 Å². The fourth-order valence-electron chi connectivity index (χ4n) is 2.94. The smallest absolute Gasteiger partial charge is 0.125 e. The Labute approximate surface area is 116 Å². The molecule has 0 aromatic rings. The molecule has 112 valence electrons. The van der Waals surface area contributed by atoms with Crippen LogP contribution < -0.4 is 5.32 Å². The average molecular weight is 272 g/mol. The number of likely N-dealkylation sites (tertiary alicyclic amines) is 1. The third kappa shape index (κ3) is 4.69. The summed E-state index contributed by atoms with van der Waals surface area (Å²) in [6.07, 6.45) is 3.54. The maximum absolute atomic E-state index is 14.7. The molecule has 0 unspecified atom stereocenters. The number of hydrogen-bond donors (Lipinski definition) is 1. The summed E-state index contributed by atoms with van der Waals surface area (Å²) >= 11 is 0. The third-order valence-corrected chi connectivity index (χ3v) is 4.34. The van der Waals surface area contributed by atoms with E-state index < -0.39 is 5.67 Å². The fourth-order valence-corrected chi connectivity index (χ4v) is 2.94. The van der Waals surface area contributed by atoms with E-state index in [0.717, 1.165) is 39.1 Å². The Hall–Kier alpha value is -0.190. The van der Waals surface area contributed by atoms with Gasteiger partial charge in [-0.25, -0.2) is 4.39 Å². The van der Waals surface area contributed by atoms with E-state index in [1.165, 1.54) is 0 Å². The van der Waals surface area contributed by atoms with Crippen molar-refractivity contribution in [1.29, 1.82) is 0 Å². The van der Waals surface area contributed by atoms with Gasteiger partial charge in [-0.1, -0.05) is 0 Å². The summed E-state index contributed by atoms with van der Waals surface area (Å²) in [6, 6.07) is 0.619. The minimum Gasteiger partial charge on any atom is -0.381 e. The van der Waals surface area contributed by atoms with E-state index in [4.69, 9.17) is 4.74 Å². The molecular weight excluding hydrogens is 243 g/mol. The standard InChI is InChI=1S/C15H29FN2O/c1-14(2,3)17-12-15(16)6-8-18(9-7-15)13-4-10-19-11-5-13/h13,17H,4-12H2,1-3H3. The molecular formula is C15H29FN2O. The van der Waals surface area contributed by atoms with Crippen molar-refractivity contribution in [3.8, 4) is 0 Å². The molecule has 0 bridgehead atoms. The van der Waals surface area contributed by atoms with Crippen LogP contribution in [0.4, 0.5) is 4.39 Å². The van der Waals surface area contributed by atoms with E-state index in [1.54, 1.807) is 0 Å². The third-order valence-electron chi connectivity index (χ3n) is 4.34. The van der Waals surface area contributed by atoms with Crippen LogP contribution in [0.2, 0.25) is 0 Å². The monoisotopic (exact) mass is 272 g/mol. The molecule has 0 radical (unpaired) electrons. The van der Waals surface area contributed by atoms with Gasteiger partial charge in [0.1, 0.15) is 5.67 Å². The lowest BCUT2D eigenvalue weighted by atomic mass is 9.90. The van der Waals surface area contributed by atoms with Crippen LogP contribution in [0.25, 0.3) is 0 Å². The van der Waals surface area contributed by atoms with Gasteiger partial charge in [-0.3, -0.25) is 4.90 Å². The molecule has 2 aliphatic rings. The molecule has 0 spiro atoms. The number of alkyl halides is 1. The first-order valence-electron chi connectivity index (χ1n) is 7.64. The van der Waals surface area contributed by atoms with Crippen molar-refractivity contribution in [3.63, 3.8) is 0 Å². The number of hydrogen-bond acceptors (Lipinski definition) is 3. The molecule has 19 heavy (non-hydrogen) atoms. The van der Waals surface area contributed by atoms with Crippen molar-refractivity contribution in [1.82, 2.24) is 10.2 Å². The Bertz CT molecular complexity index is 276. The Kier molecular flexibility index (Phi) is 4.85. The first kappa shape index (κ1) is 15.2. The molecule has 0 amide bonds. The summed E-state index contributed by atoms with van der Waals surface area (Å²) in [6.45, 7) is 10.3. The number of halogens is 1. The highest BCUT2D eigenvalue weighted by atomic mass is 19.1. The van der Waals surface area contributed by atoms with Crippen LogP contribution in [0.5, 0.6) is 0 Å². The van der Waals surface area contributed by atoms with Gasteiger partial charge < -0.3 is 10.1 Å². The zero-order valence-corrected chi connectivity index (χ0v) is 12.7. The molecule has 0 saturated carbocycles. The van der Waals surface area contributed by atoms with Crippen LogP contribution in [0.15, 0.2) is 0 Å². The molecule has 2 rings (SSSR count). The molecule has 0 atom stereocenters. The van der Waals surface area contributed by atoms with Crippen LogP contribution in [-0.4, -0.2) is 55.0 Å². The highest BCUT2D eigenvalue weighted by Crippen LogP contribution is 2.29. The molecule has 2 fully saturated rings. The van der Waals surface area contributed by atoms with E-state index in [-0.39, 0.29) is 5.54 Å². The predicted octanol–water partition coefficient (Wildman–Crippen LogP) is 2.36. The zero-order chi connectivity index (χ0) is 13.9. The number of nitrogens with zero attached hydrogens (tertiary/aromatic N) is 1. The van der Waals surface area contributed by atoms with Crippen molar-refractivity contribution in [2.24, 2.45) is 0 Å². The first-order chi connectivity index (χ1) is 8.88. The predicted molar refractivity (Wildman–Crippen MR) is 76.2 cm³/mol. The molecule has 2 aliphatic heterocycles. The molecule has 0 aliphatic carbocycles. The van der Waals surface area contributed by atoms with Crippen LogP contribution in [0.1, 0.15) is 46.5 Å². The lowest BCUT2D eigenvalue weighted by Gasteiger charge is -2.42. The van der Waals surface area contributed by atoms with E-state index in [0.29, 0.717) is 25.4 Å². The van der Waals surface area contributed by atoms with Gasteiger partial charge in [-0.05, 0) is 46.5 Å². The van der Waals surface area contributed by atoms with Crippen molar-refractivity contribution < 1.29 is 9.13 Å². The van der Waals surface area contributed by atoms with Gasteiger partial charge in [0.05, 0.1) is 0 Å². The fraction of sp³-hybridized carbons (Fsp3) is 1.00. The van der Waals surface area contributed by atoms with Gasteiger partial charge >= 0.3 is 0 Å². The number of nitrogens with one attached hydrogen (secondary N) is 1. The summed E-state index contributed by atoms with van der Waals surface area (Å²) in [4.78, 5) is 2.47. The summed E-state index contributed by atoms with van der Waals surface area (Å²) in [5.41, 5.74) is -1.02. The number of piperidine rings is 1. The van der Waals surface area contributed by atoms with Crippen LogP contribution in [0.3, 0.4) is 0 Å². The van der Waals surface area contributed by atoms with Crippen LogP contribution >= 0.6 is 0 Å². The van der Waals surface area contributed by atoms with Crippen LogP contribution in [-0.2, 0) is 4.74 Å². The SMILES string of the molecule is CC(C)(C)NCC1(F)CCN(C2CCOCC2)CC1. The molecule has 0 aromatic heterocycles. The average Bonchev–Trinajstić information content (AvgIpc) is 2.38. The van der Waals surface area contributed by atoms with Crippen LogP contribution in [0, 0.1) is 0 Å².